The monoisotopic (exact) mass is 511 g/mol. The van der Waals surface area contributed by atoms with Gasteiger partial charge in [-0.25, -0.2) is 4.98 Å². The first-order chi connectivity index (χ1) is 19.9. The summed E-state index contributed by atoms with van der Waals surface area (Å²) in [7, 11) is 0. The third-order valence-corrected chi connectivity index (χ3v) is 7.73. The van der Waals surface area contributed by atoms with Crippen molar-refractivity contribution in [3.8, 4) is 34.2 Å². The van der Waals surface area contributed by atoms with Gasteiger partial charge in [-0.1, -0.05) is 127 Å². The zero-order valence-electron chi connectivity index (χ0n) is 21.8. The van der Waals surface area contributed by atoms with E-state index in [0.29, 0.717) is 0 Å². The van der Waals surface area contributed by atoms with E-state index in [0.717, 1.165) is 45.2 Å². The van der Waals surface area contributed by atoms with Gasteiger partial charge < -0.3 is 0 Å². The summed E-state index contributed by atoms with van der Waals surface area (Å²) in [6.45, 7) is 0. The summed E-state index contributed by atoms with van der Waals surface area (Å²) in [5.74, 6) is 0.866. The zero-order chi connectivity index (χ0) is 26.5. The average molecular weight is 512 g/mol. The Hall–Kier alpha value is -5.41. The normalized spacial score (nSPS) is 11.5. The summed E-state index contributed by atoms with van der Waals surface area (Å²) >= 11 is 0. The average Bonchev–Trinajstić information content (AvgIpc) is 3.59. The van der Waals surface area contributed by atoms with Gasteiger partial charge in [0.1, 0.15) is 0 Å². The van der Waals surface area contributed by atoms with Crippen molar-refractivity contribution in [2.24, 2.45) is 0 Å². The van der Waals surface area contributed by atoms with Gasteiger partial charge in [-0.2, -0.15) is 0 Å². The Morgan fingerprint density at radius 3 is 1.77 bits per heavy atom. The molecule has 0 aliphatic heterocycles. The second-order valence-corrected chi connectivity index (χ2v) is 10.0. The van der Waals surface area contributed by atoms with E-state index in [1.165, 1.54) is 21.5 Å². The number of fused-ring (bicyclic) bond motifs is 5. The smallest absolute Gasteiger partial charge is 0.220 e. The van der Waals surface area contributed by atoms with Crippen molar-refractivity contribution in [2.45, 2.75) is 0 Å². The Labute approximate surface area is 232 Å². The third-order valence-electron chi connectivity index (χ3n) is 7.73. The Bertz CT molecular complexity index is 2140. The van der Waals surface area contributed by atoms with Gasteiger partial charge in [-0.3, -0.25) is 9.13 Å². The molecular weight excluding hydrogens is 486 g/mol. The van der Waals surface area contributed by atoms with Crippen molar-refractivity contribution in [3.05, 3.63) is 152 Å². The number of hydrogen-bond acceptors (Lipinski definition) is 1. The molecule has 0 atom stereocenters. The van der Waals surface area contributed by atoms with Crippen LogP contribution in [0.3, 0.4) is 0 Å². The van der Waals surface area contributed by atoms with Crippen LogP contribution in [0.4, 0.5) is 0 Å². The molecule has 0 spiro atoms. The highest BCUT2D eigenvalue weighted by atomic mass is 15.3. The summed E-state index contributed by atoms with van der Waals surface area (Å²) < 4.78 is 4.65. The van der Waals surface area contributed by atoms with Gasteiger partial charge in [0.15, 0.2) is 0 Å². The number of hydrogen-bond donors (Lipinski definition) is 0. The van der Waals surface area contributed by atoms with Crippen molar-refractivity contribution in [2.75, 3.05) is 0 Å². The van der Waals surface area contributed by atoms with Gasteiger partial charge in [0.2, 0.25) is 5.95 Å². The molecule has 2 aromatic heterocycles. The quantitative estimate of drug-likeness (QED) is 0.231. The molecule has 8 aromatic rings. The maximum absolute atomic E-state index is 5.48. The fourth-order valence-corrected chi connectivity index (χ4v) is 5.99. The van der Waals surface area contributed by atoms with Crippen LogP contribution in [-0.2, 0) is 0 Å². The first-order valence-corrected chi connectivity index (χ1v) is 13.6. The molecule has 3 heteroatoms. The van der Waals surface area contributed by atoms with Crippen molar-refractivity contribution < 1.29 is 0 Å². The molecule has 188 valence electrons. The molecule has 0 aliphatic rings. The van der Waals surface area contributed by atoms with Gasteiger partial charge in [0.05, 0.1) is 22.4 Å². The molecule has 0 fully saturated rings. The van der Waals surface area contributed by atoms with Gasteiger partial charge in [0.25, 0.3) is 0 Å². The molecule has 0 saturated heterocycles. The topological polar surface area (TPSA) is 22.8 Å². The lowest BCUT2D eigenvalue weighted by atomic mass is 10.0. The van der Waals surface area contributed by atoms with Crippen molar-refractivity contribution in [3.63, 3.8) is 0 Å². The van der Waals surface area contributed by atoms with Crippen LogP contribution in [0.5, 0.6) is 0 Å². The summed E-state index contributed by atoms with van der Waals surface area (Å²) in [5, 5.41) is 4.96. The van der Waals surface area contributed by atoms with Crippen molar-refractivity contribution >= 4 is 32.6 Å². The molecule has 0 saturated carbocycles. The van der Waals surface area contributed by atoms with E-state index in [4.69, 9.17) is 4.98 Å². The van der Waals surface area contributed by atoms with Gasteiger partial charge in [-0.15, -0.1) is 0 Å². The van der Waals surface area contributed by atoms with Crippen LogP contribution >= 0.6 is 0 Å². The van der Waals surface area contributed by atoms with Crippen LogP contribution in [-0.4, -0.2) is 14.1 Å². The van der Waals surface area contributed by atoms with E-state index < -0.39 is 0 Å². The number of imidazole rings is 1. The number of aromatic nitrogens is 3. The van der Waals surface area contributed by atoms with Gasteiger partial charge in [0, 0.05) is 27.6 Å². The van der Waals surface area contributed by atoms with E-state index in [1.54, 1.807) is 0 Å². The van der Waals surface area contributed by atoms with E-state index in [9.17, 15) is 0 Å². The Balaban J connectivity index is 1.58. The molecule has 0 N–H and O–H groups in total. The summed E-state index contributed by atoms with van der Waals surface area (Å²) in [6, 6.07) is 53.5. The fourth-order valence-electron chi connectivity index (χ4n) is 5.99. The molecule has 0 unspecified atom stereocenters. The Kier molecular flexibility index (Phi) is 5.14. The third kappa shape index (κ3) is 3.41. The van der Waals surface area contributed by atoms with Crippen LogP contribution in [0, 0.1) is 0 Å². The first kappa shape index (κ1) is 22.6. The predicted molar refractivity (Wildman–Crippen MR) is 166 cm³/mol. The minimum atomic E-state index is 0.866. The minimum absolute atomic E-state index is 0.866. The van der Waals surface area contributed by atoms with E-state index in [1.807, 2.05) is 0 Å². The molecule has 40 heavy (non-hydrogen) atoms. The SMILES string of the molecule is c1ccc(-c2nc(-n3c4ccccc4c4c5ccccc5ccc43)n(-c3ccccc3)c2-c2ccccc2)cc1. The van der Waals surface area contributed by atoms with Crippen LogP contribution in [0.2, 0.25) is 0 Å². The van der Waals surface area contributed by atoms with Crippen molar-refractivity contribution in [1.29, 1.82) is 0 Å². The molecule has 8 rings (SSSR count). The second-order valence-electron chi connectivity index (χ2n) is 10.0. The second kappa shape index (κ2) is 9.11. The maximum Gasteiger partial charge on any atom is 0.220 e. The van der Waals surface area contributed by atoms with Crippen LogP contribution in [0.15, 0.2) is 152 Å². The lowest BCUT2D eigenvalue weighted by Crippen LogP contribution is -2.06. The number of rotatable bonds is 4. The predicted octanol–water partition coefficient (Wildman–Crippen LogP) is 9.46. The first-order valence-electron chi connectivity index (χ1n) is 13.6. The molecule has 6 aromatic carbocycles. The summed E-state index contributed by atoms with van der Waals surface area (Å²) in [5.41, 5.74) is 7.57. The zero-order valence-corrected chi connectivity index (χ0v) is 21.8. The summed E-state index contributed by atoms with van der Waals surface area (Å²) in [6.07, 6.45) is 0. The maximum atomic E-state index is 5.48. The van der Waals surface area contributed by atoms with E-state index in [2.05, 4.69) is 161 Å². The summed E-state index contributed by atoms with van der Waals surface area (Å²) in [4.78, 5) is 5.48. The molecule has 0 radical (unpaired) electrons. The molecule has 0 bridgehead atoms. The lowest BCUT2D eigenvalue weighted by Gasteiger charge is -2.15. The fraction of sp³-hybridized carbons (Fsp3) is 0. The van der Waals surface area contributed by atoms with Crippen LogP contribution < -0.4 is 0 Å². The standard InChI is InChI=1S/C37H25N3/c1-4-15-27(16-5-1)35-36(28-17-6-2-7-18-28)39(29-19-8-3-9-20-29)37(38-35)40-32-23-13-12-22-31(32)34-30-21-11-10-14-26(30)24-25-33(34)40/h1-25H. The highest BCUT2D eigenvalue weighted by molar-refractivity contribution is 6.21. The number of nitrogens with zero attached hydrogens (tertiary/aromatic N) is 3. The van der Waals surface area contributed by atoms with Crippen LogP contribution in [0.25, 0.3) is 66.7 Å². The Morgan fingerprint density at radius 1 is 0.425 bits per heavy atom. The highest BCUT2D eigenvalue weighted by Crippen LogP contribution is 2.41. The van der Waals surface area contributed by atoms with E-state index in [-0.39, 0.29) is 0 Å². The molecule has 0 amide bonds. The lowest BCUT2D eigenvalue weighted by molar-refractivity contribution is 0.942. The Morgan fingerprint density at radius 2 is 1.02 bits per heavy atom. The minimum Gasteiger partial charge on any atom is -0.279 e. The number of para-hydroxylation sites is 2. The molecule has 0 aliphatic carbocycles. The number of benzene rings is 6. The molecular formula is C37H25N3. The molecule has 2 heterocycles. The largest absolute Gasteiger partial charge is 0.279 e. The van der Waals surface area contributed by atoms with E-state index >= 15 is 0 Å². The van der Waals surface area contributed by atoms with Gasteiger partial charge in [-0.05, 0) is 35.0 Å². The molecule has 3 nitrogen and oxygen atoms in total. The van der Waals surface area contributed by atoms with Gasteiger partial charge >= 0.3 is 0 Å². The highest BCUT2D eigenvalue weighted by Gasteiger charge is 2.25. The van der Waals surface area contributed by atoms with Crippen molar-refractivity contribution in [1.82, 2.24) is 14.1 Å². The van der Waals surface area contributed by atoms with Crippen LogP contribution in [0.1, 0.15) is 0 Å².